The highest BCUT2D eigenvalue weighted by Crippen LogP contribution is 2.45. The van der Waals surface area contributed by atoms with Crippen molar-refractivity contribution >= 4 is 11.5 Å². The molecule has 102 valence electrons. The van der Waals surface area contributed by atoms with Crippen LogP contribution in [-0.4, -0.2) is 11.4 Å². The molecule has 0 amide bonds. The molecule has 1 fully saturated rings. The van der Waals surface area contributed by atoms with Crippen molar-refractivity contribution in [3.8, 4) is 5.75 Å². The number of ether oxygens (including phenoxy) is 1. The van der Waals surface area contributed by atoms with Crippen LogP contribution in [0.1, 0.15) is 54.9 Å². The second-order valence-electron chi connectivity index (χ2n) is 6.30. The fourth-order valence-electron chi connectivity index (χ4n) is 3.33. The minimum Gasteiger partial charge on any atom is -0.484 e. The molecule has 19 heavy (non-hydrogen) atoms. The lowest BCUT2D eigenvalue weighted by atomic mass is 9.75. The summed E-state index contributed by atoms with van der Waals surface area (Å²) in [6, 6.07) is 3.78. The van der Waals surface area contributed by atoms with Crippen LogP contribution in [0.2, 0.25) is 0 Å². The van der Waals surface area contributed by atoms with Gasteiger partial charge >= 0.3 is 0 Å². The Hall–Kier alpha value is -1.51. The summed E-state index contributed by atoms with van der Waals surface area (Å²) in [5.41, 5.74) is 8.03. The van der Waals surface area contributed by atoms with E-state index in [4.69, 9.17) is 10.5 Å². The Bertz CT molecular complexity index is 528. The molecule has 1 aromatic rings. The number of fused-ring (bicyclic) bond motifs is 1. The molecule has 0 aromatic heterocycles. The van der Waals surface area contributed by atoms with Gasteiger partial charge in [0.25, 0.3) is 0 Å². The number of benzene rings is 1. The molecule has 0 saturated heterocycles. The van der Waals surface area contributed by atoms with Gasteiger partial charge in [0.1, 0.15) is 5.60 Å². The molecule has 0 atom stereocenters. The maximum atomic E-state index is 12.4. The predicted molar refractivity (Wildman–Crippen MR) is 75.5 cm³/mol. The van der Waals surface area contributed by atoms with Crippen molar-refractivity contribution in [1.82, 2.24) is 0 Å². The Morgan fingerprint density at radius 1 is 1.32 bits per heavy atom. The minimum absolute atomic E-state index is 0.186. The van der Waals surface area contributed by atoms with E-state index < -0.39 is 0 Å². The van der Waals surface area contributed by atoms with Gasteiger partial charge in [0, 0.05) is 0 Å². The molecule has 0 unspecified atom stereocenters. The molecule has 2 N–H and O–H groups in total. The lowest BCUT2D eigenvalue weighted by Crippen LogP contribution is -2.45. The predicted octanol–water partition coefficient (Wildman–Crippen LogP) is 3.49. The average Bonchev–Trinajstić information content (AvgIpc) is 2.35. The molecule has 3 rings (SSSR count). The van der Waals surface area contributed by atoms with E-state index >= 15 is 0 Å². The molecule has 0 bridgehead atoms. The number of carbonyl (C=O) groups excluding carboxylic acids is 1. The number of anilines is 1. The van der Waals surface area contributed by atoms with E-state index in [1.54, 1.807) is 0 Å². The van der Waals surface area contributed by atoms with E-state index in [0.29, 0.717) is 23.4 Å². The van der Waals surface area contributed by atoms with Crippen molar-refractivity contribution in [2.75, 3.05) is 5.73 Å². The Morgan fingerprint density at radius 2 is 2.00 bits per heavy atom. The summed E-state index contributed by atoms with van der Waals surface area (Å²) < 4.78 is 6.22. The summed E-state index contributed by atoms with van der Waals surface area (Å²) >= 11 is 0. The SMILES string of the molecule is Cc1cc(N)c2c(c1)C(=O)CC1(CCC(C)CC1)O2. The van der Waals surface area contributed by atoms with E-state index in [-0.39, 0.29) is 11.4 Å². The van der Waals surface area contributed by atoms with E-state index in [9.17, 15) is 4.79 Å². The Morgan fingerprint density at radius 3 is 2.68 bits per heavy atom. The van der Waals surface area contributed by atoms with Crippen LogP contribution >= 0.6 is 0 Å². The quantitative estimate of drug-likeness (QED) is 0.726. The summed E-state index contributed by atoms with van der Waals surface area (Å²) in [7, 11) is 0. The molecule has 1 saturated carbocycles. The summed E-state index contributed by atoms with van der Waals surface area (Å²) in [5, 5.41) is 0. The Kier molecular flexibility index (Phi) is 2.80. The second-order valence-corrected chi connectivity index (χ2v) is 6.30. The largest absolute Gasteiger partial charge is 0.484 e. The molecular weight excluding hydrogens is 238 g/mol. The fraction of sp³-hybridized carbons (Fsp3) is 0.562. The maximum absolute atomic E-state index is 12.4. The summed E-state index contributed by atoms with van der Waals surface area (Å²) in [6.45, 7) is 4.22. The molecular formula is C16H21NO2. The molecule has 3 nitrogen and oxygen atoms in total. The van der Waals surface area contributed by atoms with Gasteiger partial charge in [-0.1, -0.05) is 6.92 Å². The average molecular weight is 259 g/mol. The highest BCUT2D eigenvalue weighted by molar-refractivity contribution is 6.02. The maximum Gasteiger partial charge on any atom is 0.170 e. The Balaban J connectivity index is 1.98. The van der Waals surface area contributed by atoms with E-state index in [2.05, 4.69) is 6.92 Å². The number of hydrogen-bond acceptors (Lipinski definition) is 3. The topological polar surface area (TPSA) is 52.3 Å². The third-order valence-electron chi connectivity index (χ3n) is 4.55. The van der Waals surface area contributed by atoms with Crippen molar-refractivity contribution < 1.29 is 9.53 Å². The number of Topliss-reactive ketones (excluding diaryl/α,β-unsaturated/α-hetero) is 1. The molecule has 1 aliphatic heterocycles. The van der Waals surface area contributed by atoms with Gasteiger partial charge in [-0.3, -0.25) is 4.79 Å². The second kappa shape index (κ2) is 4.26. The van der Waals surface area contributed by atoms with E-state index in [0.717, 1.165) is 37.2 Å². The van der Waals surface area contributed by atoms with Crippen LogP contribution < -0.4 is 10.5 Å². The van der Waals surface area contributed by atoms with Gasteiger partial charge in [-0.2, -0.15) is 0 Å². The van der Waals surface area contributed by atoms with E-state index in [1.807, 2.05) is 19.1 Å². The monoisotopic (exact) mass is 259 g/mol. The lowest BCUT2D eigenvalue weighted by Gasteiger charge is -2.42. The zero-order valence-electron chi connectivity index (χ0n) is 11.7. The van der Waals surface area contributed by atoms with Gasteiger partial charge < -0.3 is 10.5 Å². The molecule has 0 radical (unpaired) electrons. The van der Waals surface area contributed by atoms with Crippen molar-refractivity contribution in [1.29, 1.82) is 0 Å². The third-order valence-corrected chi connectivity index (χ3v) is 4.55. The van der Waals surface area contributed by atoms with Crippen LogP contribution in [0.5, 0.6) is 5.75 Å². The zero-order valence-corrected chi connectivity index (χ0v) is 11.7. The smallest absolute Gasteiger partial charge is 0.170 e. The minimum atomic E-state index is -0.292. The third kappa shape index (κ3) is 2.11. The number of hydrogen-bond donors (Lipinski definition) is 1. The number of rotatable bonds is 0. The van der Waals surface area contributed by atoms with Gasteiger partial charge in [-0.25, -0.2) is 0 Å². The number of aryl methyl sites for hydroxylation is 1. The molecule has 1 spiro atoms. The molecule has 2 aliphatic rings. The summed E-state index contributed by atoms with van der Waals surface area (Å²) in [4.78, 5) is 12.4. The molecule has 3 heteroatoms. The first-order valence-corrected chi connectivity index (χ1v) is 7.11. The number of nitrogen functional groups attached to an aromatic ring is 1. The molecule has 1 heterocycles. The lowest BCUT2D eigenvalue weighted by molar-refractivity contribution is 0.00461. The van der Waals surface area contributed by atoms with Gasteiger partial charge in [-0.05, 0) is 56.2 Å². The van der Waals surface area contributed by atoms with Gasteiger partial charge in [0.05, 0.1) is 17.7 Å². The summed E-state index contributed by atoms with van der Waals surface area (Å²) in [6.07, 6.45) is 4.71. The summed E-state index contributed by atoms with van der Waals surface area (Å²) in [5.74, 6) is 1.55. The normalized spacial score (nSPS) is 30.0. The van der Waals surface area contributed by atoms with E-state index in [1.165, 1.54) is 0 Å². The van der Waals surface area contributed by atoms with Crippen molar-refractivity contribution in [2.45, 2.75) is 51.6 Å². The number of nitrogens with two attached hydrogens (primary N) is 1. The van der Waals surface area contributed by atoms with Gasteiger partial charge in [0.2, 0.25) is 0 Å². The van der Waals surface area contributed by atoms with Crippen LogP contribution in [0.3, 0.4) is 0 Å². The number of ketones is 1. The highest BCUT2D eigenvalue weighted by Gasteiger charge is 2.43. The van der Waals surface area contributed by atoms with Crippen LogP contribution in [0.4, 0.5) is 5.69 Å². The fourth-order valence-corrected chi connectivity index (χ4v) is 3.33. The van der Waals surface area contributed by atoms with Crippen LogP contribution in [0, 0.1) is 12.8 Å². The first-order chi connectivity index (χ1) is 8.99. The molecule has 1 aliphatic carbocycles. The van der Waals surface area contributed by atoms with Crippen LogP contribution in [0.25, 0.3) is 0 Å². The van der Waals surface area contributed by atoms with Crippen molar-refractivity contribution in [3.05, 3.63) is 23.3 Å². The van der Waals surface area contributed by atoms with Crippen LogP contribution in [-0.2, 0) is 0 Å². The Labute approximate surface area is 114 Å². The first kappa shape index (κ1) is 12.5. The van der Waals surface area contributed by atoms with Gasteiger partial charge in [0.15, 0.2) is 11.5 Å². The molecule has 1 aromatic carbocycles. The van der Waals surface area contributed by atoms with Gasteiger partial charge in [-0.15, -0.1) is 0 Å². The van der Waals surface area contributed by atoms with Crippen LogP contribution in [0.15, 0.2) is 12.1 Å². The first-order valence-electron chi connectivity index (χ1n) is 7.11. The van der Waals surface area contributed by atoms with Crippen molar-refractivity contribution in [2.24, 2.45) is 5.92 Å². The van der Waals surface area contributed by atoms with Crippen molar-refractivity contribution in [3.63, 3.8) is 0 Å². The zero-order chi connectivity index (χ0) is 13.6. The highest BCUT2D eigenvalue weighted by atomic mass is 16.5. The number of carbonyl (C=O) groups is 1. The standard InChI is InChI=1S/C16H21NO2/c1-10-3-5-16(6-4-10)9-14(18)12-7-11(2)8-13(17)15(12)19-16/h7-8,10H,3-6,9,17H2,1-2H3.